The first-order valence-corrected chi connectivity index (χ1v) is 9.58. The fourth-order valence-corrected chi connectivity index (χ4v) is 2.57. The molecule has 0 aliphatic carbocycles. The van der Waals surface area contributed by atoms with Crippen molar-refractivity contribution in [3.05, 3.63) is 10.4 Å². The highest BCUT2D eigenvalue weighted by atomic mass is 16.6. The van der Waals surface area contributed by atoms with E-state index >= 15 is 0 Å². The minimum atomic E-state index is -0.476. The van der Waals surface area contributed by atoms with Crippen LogP contribution in [0.2, 0.25) is 0 Å². The minimum absolute atomic E-state index is 0. The minimum Gasteiger partial charge on any atom is -0.444 e. The van der Waals surface area contributed by atoms with Crippen LogP contribution >= 0.6 is 0 Å². The molecule has 2 saturated heterocycles. The van der Waals surface area contributed by atoms with Gasteiger partial charge in [0, 0.05) is 43.2 Å². The van der Waals surface area contributed by atoms with Crippen LogP contribution in [0.4, 0.5) is 9.59 Å². The van der Waals surface area contributed by atoms with E-state index in [9.17, 15) is 9.59 Å². The van der Waals surface area contributed by atoms with Gasteiger partial charge in [0.25, 0.3) is 0 Å². The van der Waals surface area contributed by atoms with Gasteiger partial charge >= 0.3 is 12.2 Å². The molecule has 10 heteroatoms. The molecule has 0 spiro atoms. The molecule has 2 amide bonds. The Morgan fingerprint density at radius 1 is 1.00 bits per heavy atom. The van der Waals surface area contributed by atoms with Gasteiger partial charge in [0.1, 0.15) is 11.2 Å². The average molecular weight is 415 g/mol. The van der Waals surface area contributed by atoms with E-state index in [1.54, 1.807) is 9.80 Å². The molecule has 2 fully saturated rings. The Kier molecular flexibility index (Phi) is 10.3. The van der Waals surface area contributed by atoms with Crippen molar-refractivity contribution < 1.29 is 19.1 Å². The highest BCUT2D eigenvalue weighted by Gasteiger charge is 2.35. The summed E-state index contributed by atoms with van der Waals surface area (Å²) in [6, 6.07) is 0.200. The molecule has 2 rings (SSSR count). The zero-order valence-electron chi connectivity index (χ0n) is 17.8. The molecule has 0 aromatic carbocycles. The van der Waals surface area contributed by atoms with Crippen molar-refractivity contribution in [2.24, 2.45) is 10.8 Å². The number of amides is 2. The maximum absolute atomic E-state index is 11.6. The summed E-state index contributed by atoms with van der Waals surface area (Å²) < 4.78 is 10.4. The van der Waals surface area contributed by atoms with Gasteiger partial charge in [-0.25, -0.2) is 9.59 Å². The van der Waals surface area contributed by atoms with Gasteiger partial charge in [0.15, 0.2) is 0 Å². The van der Waals surface area contributed by atoms with Gasteiger partial charge in [0.2, 0.25) is 0 Å². The lowest BCUT2D eigenvalue weighted by Gasteiger charge is -2.40. The third-order valence-corrected chi connectivity index (χ3v) is 4.17. The van der Waals surface area contributed by atoms with Crippen LogP contribution in [0, 0.1) is 0 Å². The van der Waals surface area contributed by atoms with Crippen molar-refractivity contribution >= 4 is 12.2 Å². The van der Waals surface area contributed by atoms with Crippen molar-refractivity contribution in [2.45, 2.75) is 85.1 Å². The number of nitrogens with two attached hydrogens (primary N) is 1. The molecule has 0 unspecified atom stereocenters. The fraction of sp³-hybridized carbons (Fsp3) is 0.895. The molecule has 0 saturated carbocycles. The van der Waals surface area contributed by atoms with Crippen LogP contribution in [0.5, 0.6) is 0 Å². The molecular formula is C19H38N6O4. The summed E-state index contributed by atoms with van der Waals surface area (Å²) in [5.74, 6) is 0. The van der Waals surface area contributed by atoms with E-state index in [1.807, 2.05) is 41.5 Å². The molecule has 168 valence electrons. The summed E-state index contributed by atoms with van der Waals surface area (Å²) in [7, 11) is 0. The quantitative estimate of drug-likeness (QED) is 0.424. The summed E-state index contributed by atoms with van der Waals surface area (Å²) in [6.07, 6.45) is 1.30. The summed E-state index contributed by atoms with van der Waals surface area (Å²) >= 11 is 0. The number of nitrogens with zero attached hydrogens (tertiary/aromatic N) is 5. The Balaban J connectivity index is 0.000000527. The van der Waals surface area contributed by atoms with Crippen LogP contribution in [-0.4, -0.2) is 71.5 Å². The predicted octanol–water partition coefficient (Wildman–Crippen LogP) is 3.90. The average Bonchev–Trinajstić information content (AvgIpc) is 2.42. The van der Waals surface area contributed by atoms with E-state index < -0.39 is 11.2 Å². The van der Waals surface area contributed by atoms with Crippen molar-refractivity contribution in [1.82, 2.24) is 9.80 Å². The highest BCUT2D eigenvalue weighted by molar-refractivity contribution is 5.70. The number of hydrogen-bond acceptors (Lipinski definition) is 6. The molecule has 2 aliphatic heterocycles. The maximum atomic E-state index is 11.6. The van der Waals surface area contributed by atoms with E-state index in [0.29, 0.717) is 19.6 Å². The third-order valence-electron chi connectivity index (χ3n) is 4.17. The summed E-state index contributed by atoms with van der Waals surface area (Å²) in [6.45, 7) is 13.4. The normalized spacial score (nSPS) is 20.5. The number of likely N-dealkylation sites (tertiary alicyclic amines) is 2. The van der Waals surface area contributed by atoms with Gasteiger partial charge in [-0.3, -0.25) is 0 Å². The molecule has 2 N–H and O–H groups in total. The standard InChI is InChI=1S/C9H16N4O2.C9H18N2O2.CH4/c1-9(2,3)15-8(14)13-5-4-7(13)6-11-12-10;1-9(2,3)13-8(12)11-5-4-7(11)6-10;/h7H,4-6H2,1-3H3;7H,4-6,10H2,1-3H3;1H4/t2*7-;/m11./s1. The SMILES string of the molecule is C.CC(C)(C)OC(=O)N1CC[C@@H]1CN.CC(C)(C)OC(=O)N1CC[C@@H]1CN=[N+]=[N-]. The molecular weight excluding hydrogens is 376 g/mol. The molecule has 0 aromatic rings. The van der Waals surface area contributed by atoms with Crippen LogP contribution < -0.4 is 5.73 Å². The first-order chi connectivity index (χ1) is 12.9. The smallest absolute Gasteiger partial charge is 0.410 e. The van der Waals surface area contributed by atoms with Crippen molar-refractivity contribution in [1.29, 1.82) is 0 Å². The Bertz CT molecular complexity index is 590. The van der Waals surface area contributed by atoms with Gasteiger partial charge in [-0.2, -0.15) is 0 Å². The number of carbonyl (C=O) groups excluding carboxylic acids is 2. The number of azide groups is 1. The molecule has 2 aliphatic rings. The van der Waals surface area contributed by atoms with E-state index in [4.69, 9.17) is 20.7 Å². The molecule has 0 bridgehead atoms. The topological polar surface area (TPSA) is 134 Å². The zero-order chi connectivity index (χ0) is 21.5. The fourth-order valence-electron chi connectivity index (χ4n) is 2.57. The van der Waals surface area contributed by atoms with E-state index in [-0.39, 0.29) is 31.7 Å². The number of carbonyl (C=O) groups is 2. The Hall–Kier alpha value is -2.19. The van der Waals surface area contributed by atoms with Crippen molar-refractivity contribution in [3.63, 3.8) is 0 Å². The lowest BCUT2D eigenvalue weighted by atomic mass is 10.0. The largest absolute Gasteiger partial charge is 0.444 e. The van der Waals surface area contributed by atoms with Gasteiger partial charge in [-0.15, -0.1) is 0 Å². The number of hydrogen-bond donors (Lipinski definition) is 1. The van der Waals surface area contributed by atoms with E-state index in [1.165, 1.54) is 0 Å². The van der Waals surface area contributed by atoms with Gasteiger partial charge in [-0.05, 0) is 59.9 Å². The van der Waals surface area contributed by atoms with E-state index in [2.05, 4.69) is 10.0 Å². The molecule has 2 atom stereocenters. The lowest BCUT2D eigenvalue weighted by molar-refractivity contribution is -0.00440. The Labute approximate surface area is 174 Å². The van der Waals surface area contributed by atoms with Crippen molar-refractivity contribution in [2.75, 3.05) is 26.2 Å². The molecule has 0 radical (unpaired) electrons. The molecule has 0 aromatic heterocycles. The lowest BCUT2D eigenvalue weighted by Crippen LogP contribution is -2.55. The molecule has 10 nitrogen and oxygen atoms in total. The first kappa shape index (κ1) is 26.8. The van der Waals surface area contributed by atoms with Crippen LogP contribution in [0.3, 0.4) is 0 Å². The highest BCUT2D eigenvalue weighted by Crippen LogP contribution is 2.21. The summed E-state index contributed by atoms with van der Waals surface area (Å²) in [4.78, 5) is 29.0. The molecule has 2 heterocycles. The number of ether oxygens (including phenoxy) is 2. The monoisotopic (exact) mass is 414 g/mol. The van der Waals surface area contributed by atoms with E-state index in [0.717, 1.165) is 19.4 Å². The second-order valence-electron chi connectivity index (χ2n) is 8.88. The van der Waals surface area contributed by atoms with Crippen LogP contribution in [0.15, 0.2) is 5.11 Å². The number of rotatable bonds is 3. The van der Waals surface area contributed by atoms with Gasteiger partial charge in [0.05, 0.1) is 0 Å². The van der Waals surface area contributed by atoms with Gasteiger partial charge in [-0.1, -0.05) is 12.5 Å². The predicted molar refractivity (Wildman–Crippen MR) is 112 cm³/mol. The summed E-state index contributed by atoms with van der Waals surface area (Å²) in [5, 5.41) is 3.45. The van der Waals surface area contributed by atoms with Crippen LogP contribution in [0.1, 0.15) is 61.8 Å². The first-order valence-electron chi connectivity index (χ1n) is 9.58. The maximum Gasteiger partial charge on any atom is 0.410 e. The zero-order valence-corrected chi connectivity index (χ0v) is 17.8. The van der Waals surface area contributed by atoms with Crippen molar-refractivity contribution in [3.8, 4) is 0 Å². The summed E-state index contributed by atoms with van der Waals surface area (Å²) in [5.41, 5.74) is 12.8. The van der Waals surface area contributed by atoms with Gasteiger partial charge < -0.3 is 25.0 Å². The second-order valence-corrected chi connectivity index (χ2v) is 8.88. The van der Waals surface area contributed by atoms with Crippen LogP contribution in [-0.2, 0) is 9.47 Å². The Morgan fingerprint density at radius 2 is 1.41 bits per heavy atom. The Morgan fingerprint density at radius 3 is 1.69 bits per heavy atom. The van der Waals surface area contributed by atoms with Crippen LogP contribution in [0.25, 0.3) is 10.4 Å². The third kappa shape index (κ3) is 9.23. The second kappa shape index (κ2) is 11.1. The molecule has 29 heavy (non-hydrogen) atoms.